The fourth-order valence-corrected chi connectivity index (χ4v) is 7.40. The van der Waals surface area contributed by atoms with Crippen LogP contribution >= 0.6 is 0 Å². The summed E-state index contributed by atoms with van der Waals surface area (Å²) in [6.07, 6.45) is 6.77. The fraction of sp³-hybridized carbons (Fsp3) is 0.395. The minimum absolute atomic E-state index is 0.0782. The Morgan fingerprint density at radius 1 is 0.849 bits per heavy atom. The van der Waals surface area contributed by atoms with Crippen molar-refractivity contribution in [2.24, 2.45) is 5.92 Å². The summed E-state index contributed by atoms with van der Waals surface area (Å²) in [6.45, 7) is 7.33. The number of hydrogen-bond donors (Lipinski definition) is 4. The summed E-state index contributed by atoms with van der Waals surface area (Å²) in [7, 11) is 0. The number of allylic oxidation sites excluding steroid dienone is 2. The molecule has 10 nitrogen and oxygen atoms in total. The van der Waals surface area contributed by atoms with Crippen LogP contribution in [0, 0.1) is 5.92 Å². The van der Waals surface area contributed by atoms with Crippen molar-refractivity contribution in [3.8, 4) is 11.1 Å². The third kappa shape index (κ3) is 10.4. The van der Waals surface area contributed by atoms with Crippen LogP contribution in [0.3, 0.4) is 0 Å². The molecule has 10 heteroatoms. The number of nitrogens with one attached hydrogen (secondary N) is 3. The first-order chi connectivity index (χ1) is 25.8. The Bertz CT molecular complexity index is 1690. The number of esters is 1. The predicted octanol–water partition coefficient (Wildman–Crippen LogP) is 6.13. The summed E-state index contributed by atoms with van der Waals surface area (Å²) in [5.41, 5.74) is 4.57. The molecule has 0 aliphatic heterocycles. The first kappa shape index (κ1) is 39.0. The van der Waals surface area contributed by atoms with Crippen LogP contribution in [0.1, 0.15) is 74.0 Å². The summed E-state index contributed by atoms with van der Waals surface area (Å²) in [5, 5.41) is 18.6. The van der Waals surface area contributed by atoms with Crippen molar-refractivity contribution >= 4 is 23.9 Å². The molecule has 0 saturated heterocycles. The number of carbonyl (C=O) groups excluding carboxylic acids is 4. The van der Waals surface area contributed by atoms with Gasteiger partial charge in [-0.25, -0.2) is 9.59 Å². The molecule has 0 spiro atoms. The van der Waals surface area contributed by atoms with Crippen molar-refractivity contribution in [3.63, 3.8) is 0 Å². The smallest absolute Gasteiger partial charge is 0.407 e. The van der Waals surface area contributed by atoms with Gasteiger partial charge in [-0.15, -0.1) is 13.2 Å². The van der Waals surface area contributed by atoms with Gasteiger partial charge in [0.05, 0.1) is 24.1 Å². The van der Waals surface area contributed by atoms with Gasteiger partial charge in [-0.3, -0.25) is 9.59 Å². The van der Waals surface area contributed by atoms with Crippen molar-refractivity contribution in [3.05, 3.63) is 121 Å². The number of benzene rings is 3. The zero-order valence-electron chi connectivity index (χ0n) is 30.3. The van der Waals surface area contributed by atoms with Gasteiger partial charge in [0.15, 0.2) is 0 Å². The number of rotatable bonds is 19. The number of aliphatic hydroxyl groups excluding tert-OH is 1. The van der Waals surface area contributed by atoms with E-state index in [9.17, 15) is 24.3 Å². The highest BCUT2D eigenvalue weighted by Gasteiger charge is 2.39. The summed E-state index contributed by atoms with van der Waals surface area (Å²) < 4.78 is 11.5. The van der Waals surface area contributed by atoms with Crippen LogP contribution in [0.5, 0.6) is 0 Å². The van der Waals surface area contributed by atoms with Gasteiger partial charge in [0, 0.05) is 12.3 Å². The van der Waals surface area contributed by atoms with Crippen molar-refractivity contribution in [1.82, 2.24) is 16.0 Å². The highest BCUT2D eigenvalue weighted by molar-refractivity contribution is 5.87. The average molecular weight is 722 g/mol. The van der Waals surface area contributed by atoms with E-state index in [0.29, 0.717) is 25.7 Å². The monoisotopic (exact) mass is 721 g/mol. The van der Waals surface area contributed by atoms with Crippen molar-refractivity contribution in [2.45, 2.75) is 81.3 Å². The number of aliphatic hydroxyl groups is 1. The Kier molecular flexibility index (Phi) is 14.0. The van der Waals surface area contributed by atoms with E-state index in [2.05, 4.69) is 41.2 Å². The normalized spacial score (nSPS) is 15.9. The van der Waals surface area contributed by atoms with Crippen LogP contribution in [0.4, 0.5) is 4.79 Å². The molecule has 0 bridgehead atoms. The maximum atomic E-state index is 13.7. The molecule has 1 fully saturated rings. The number of ether oxygens (including phenoxy) is 2. The highest BCUT2D eigenvalue weighted by atomic mass is 16.6. The van der Waals surface area contributed by atoms with Crippen LogP contribution in [0.15, 0.2) is 104 Å². The summed E-state index contributed by atoms with van der Waals surface area (Å²) in [6, 6.07) is 24.2. The van der Waals surface area contributed by atoms with Gasteiger partial charge >= 0.3 is 12.1 Å². The Hall–Kier alpha value is -5.22. The van der Waals surface area contributed by atoms with Gasteiger partial charge in [0.1, 0.15) is 19.3 Å². The molecule has 2 aliphatic carbocycles. The molecule has 2 aliphatic rings. The van der Waals surface area contributed by atoms with Crippen LogP contribution in [0.25, 0.3) is 11.1 Å². The Labute approximate surface area is 312 Å². The molecule has 3 atom stereocenters. The largest absolute Gasteiger partial charge is 0.462 e. The molecule has 3 amide bonds. The summed E-state index contributed by atoms with van der Waals surface area (Å²) in [5.74, 6) is -2.14. The summed E-state index contributed by atoms with van der Waals surface area (Å²) in [4.78, 5) is 53.3. The number of alkyl carbamates (subject to hydrolysis) is 1. The second-order valence-electron chi connectivity index (χ2n) is 14.0. The van der Waals surface area contributed by atoms with Gasteiger partial charge < -0.3 is 30.5 Å². The third-order valence-electron chi connectivity index (χ3n) is 10.2. The molecule has 3 unspecified atom stereocenters. The predicted molar refractivity (Wildman–Crippen MR) is 204 cm³/mol. The van der Waals surface area contributed by atoms with Gasteiger partial charge in [-0.05, 0) is 66.3 Å². The fourth-order valence-electron chi connectivity index (χ4n) is 7.40. The van der Waals surface area contributed by atoms with E-state index in [-0.39, 0.29) is 56.8 Å². The quantitative estimate of drug-likeness (QED) is 0.0862. The topological polar surface area (TPSA) is 143 Å². The Morgan fingerprint density at radius 3 is 2.11 bits per heavy atom. The number of carbonyl (C=O) groups is 4. The van der Waals surface area contributed by atoms with E-state index >= 15 is 0 Å². The molecule has 3 aromatic rings. The van der Waals surface area contributed by atoms with Crippen molar-refractivity contribution in [1.29, 1.82) is 0 Å². The lowest BCUT2D eigenvalue weighted by atomic mass is 9.94. The first-order valence-corrected chi connectivity index (χ1v) is 18.5. The molecule has 0 radical (unpaired) electrons. The minimum atomic E-state index is -0.981. The maximum absolute atomic E-state index is 13.7. The SMILES string of the molecule is C=CCCC(NC(=O)OCC1c2ccccc2-c2ccccc21)C(=O)OCC1(NC(=O)C(CC=C)CC(=O)NC(CO)Cc2ccccc2)CCCC1. The molecule has 3 aromatic carbocycles. The number of fused-ring (bicyclic) bond motifs is 3. The lowest BCUT2D eigenvalue weighted by Crippen LogP contribution is -2.53. The standard InChI is InChI=1S/C43H51N3O7/c1-3-5-22-38(45-42(51)52-28-37-35-20-11-9-18-33(35)34-19-10-12-21-36(34)37)41(50)53-29-43(23-13-14-24-43)46-40(49)31(15-4-2)26-39(48)44-32(27-47)25-30-16-7-6-8-17-30/h3-4,6-12,16-21,31-32,37-38,47H,1-2,5,13-15,22-29H2,(H,44,48)(H,45,51)(H,46,49). The lowest BCUT2D eigenvalue weighted by molar-refractivity contribution is -0.149. The van der Waals surface area contributed by atoms with Gasteiger partial charge in [0.2, 0.25) is 11.8 Å². The lowest BCUT2D eigenvalue weighted by Gasteiger charge is -2.32. The van der Waals surface area contributed by atoms with E-state index < -0.39 is 35.6 Å². The van der Waals surface area contributed by atoms with Gasteiger partial charge in [-0.2, -0.15) is 0 Å². The van der Waals surface area contributed by atoms with Gasteiger partial charge in [0.25, 0.3) is 0 Å². The zero-order valence-corrected chi connectivity index (χ0v) is 30.3. The molecule has 280 valence electrons. The van der Waals surface area contributed by atoms with Crippen LogP contribution in [-0.2, 0) is 30.3 Å². The third-order valence-corrected chi connectivity index (χ3v) is 10.2. The van der Waals surface area contributed by atoms with Crippen LogP contribution < -0.4 is 16.0 Å². The van der Waals surface area contributed by atoms with Gasteiger partial charge in [-0.1, -0.05) is 104 Å². The van der Waals surface area contributed by atoms with Crippen LogP contribution in [-0.4, -0.2) is 66.4 Å². The summed E-state index contributed by atoms with van der Waals surface area (Å²) >= 11 is 0. The molecule has 5 rings (SSSR count). The molecule has 4 N–H and O–H groups in total. The van der Waals surface area contributed by atoms with Crippen LogP contribution in [0.2, 0.25) is 0 Å². The molecule has 53 heavy (non-hydrogen) atoms. The second kappa shape index (κ2) is 19.0. The zero-order chi connectivity index (χ0) is 37.6. The number of amides is 3. The van der Waals surface area contributed by atoms with E-state index in [0.717, 1.165) is 40.7 Å². The van der Waals surface area contributed by atoms with E-state index in [4.69, 9.17) is 9.47 Å². The number of hydrogen-bond acceptors (Lipinski definition) is 7. The average Bonchev–Trinajstić information content (AvgIpc) is 3.77. The second-order valence-corrected chi connectivity index (χ2v) is 14.0. The highest BCUT2D eigenvalue weighted by Crippen LogP contribution is 2.44. The van der Waals surface area contributed by atoms with E-state index in [1.807, 2.05) is 66.7 Å². The first-order valence-electron chi connectivity index (χ1n) is 18.5. The molecular weight excluding hydrogens is 670 g/mol. The molecule has 1 saturated carbocycles. The Balaban J connectivity index is 1.16. The van der Waals surface area contributed by atoms with Crippen molar-refractivity contribution < 1.29 is 33.8 Å². The molecule has 0 aromatic heterocycles. The Morgan fingerprint density at radius 2 is 1.49 bits per heavy atom. The maximum Gasteiger partial charge on any atom is 0.407 e. The van der Waals surface area contributed by atoms with E-state index in [1.165, 1.54) is 0 Å². The molecule has 0 heterocycles. The van der Waals surface area contributed by atoms with E-state index in [1.54, 1.807) is 12.2 Å². The van der Waals surface area contributed by atoms with Crippen molar-refractivity contribution in [2.75, 3.05) is 19.8 Å². The molecular formula is C43H51N3O7. The minimum Gasteiger partial charge on any atom is -0.462 e.